The van der Waals surface area contributed by atoms with E-state index in [1.807, 2.05) is 0 Å². The van der Waals surface area contributed by atoms with Crippen LogP contribution in [0.15, 0.2) is 12.3 Å². The molecule has 1 heterocycles. The molecule has 1 aliphatic carbocycles. The summed E-state index contributed by atoms with van der Waals surface area (Å²) in [5.41, 5.74) is -0.267. The van der Waals surface area contributed by atoms with Gasteiger partial charge in [-0.1, -0.05) is 13.8 Å². The number of aromatic nitrogens is 1. The smallest absolute Gasteiger partial charge is 0.337 e. The number of nitrogens with zero attached hydrogens (tertiary/aromatic N) is 2. The number of aromatic carboxylic acids is 1. The number of pyridine rings is 1. The maximum Gasteiger partial charge on any atom is 0.337 e. The van der Waals surface area contributed by atoms with Crippen molar-refractivity contribution in [2.75, 3.05) is 5.32 Å². The van der Waals surface area contributed by atoms with Crippen LogP contribution < -0.4 is 5.32 Å². The van der Waals surface area contributed by atoms with Gasteiger partial charge in [-0.2, -0.15) is 0 Å². The van der Waals surface area contributed by atoms with E-state index in [0.717, 1.165) is 31.5 Å². The summed E-state index contributed by atoms with van der Waals surface area (Å²) < 4.78 is 0. The van der Waals surface area contributed by atoms with Crippen molar-refractivity contribution in [3.8, 4) is 0 Å². The predicted octanol–water partition coefficient (Wildman–Crippen LogP) is 2.68. The fraction of sp³-hybridized carbons (Fsp3) is 0.538. The largest absolute Gasteiger partial charge is 0.478 e. The fourth-order valence-corrected chi connectivity index (χ4v) is 2.57. The van der Waals surface area contributed by atoms with Crippen molar-refractivity contribution in [2.45, 2.75) is 39.2 Å². The predicted molar refractivity (Wildman–Crippen MR) is 72.9 cm³/mol. The Morgan fingerprint density at radius 2 is 2.30 bits per heavy atom. The number of carbonyl (C=O) groups is 1. The molecule has 20 heavy (non-hydrogen) atoms. The highest BCUT2D eigenvalue weighted by Gasteiger charge is 2.32. The summed E-state index contributed by atoms with van der Waals surface area (Å²) in [5.74, 6) is -1.09. The number of nitro groups is 1. The topological polar surface area (TPSA) is 105 Å². The van der Waals surface area contributed by atoms with Gasteiger partial charge >= 0.3 is 11.7 Å². The van der Waals surface area contributed by atoms with Gasteiger partial charge in [-0.3, -0.25) is 10.1 Å². The van der Waals surface area contributed by atoms with Crippen molar-refractivity contribution in [3.63, 3.8) is 0 Å². The van der Waals surface area contributed by atoms with Gasteiger partial charge in [0.1, 0.15) is 0 Å². The van der Waals surface area contributed by atoms with Gasteiger partial charge < -0.3 is 10.4 Å². The van der Waals surface area contributed by atoms with E-state index in [4.69, 9.17) is 5.11 Å². The zero-order chi connectivity index (χ0) is 14.9. The lowest BCUT2D eigenvalue weighted by Crippen LogP contribution is -2.19. The SMILES string of the molecule is CC1(C)CCC(Nc2ncc(C(=O)O)cc2[N+](=O)[O-])C1. The number of rotatable bonds is 4. The lowest BCUT2D eigenvalue weighted by Gasteiger charge is -2.18. The monoisotopic (exact) mass is 279 g/mol. The number of hydrogen-bond acceptors (Lipinski definition) is 5. The molecular formula is C13H17N3O4. The lowest BCUT2D eigenvalue weighted by atomic mass is 9.92. The molecule has 108 valence electrons. The maximum atomic E-state index is 11.0. The van der Waals surface area contributed by atoms with Gasteiger partial charge in [0, 0.05) is 18.3 Å². The molecule has 0 aliphatic heterocycles. The summed E-state index contributed by atoms with van der Waals surface area (Å²) in [6.07, 6.45) is 4.02. The minimum Gasteiger partial charge on any atom is -0.478 e. The summed E-state index contributed by atoms with van der Waals surface area (Å²) in [7, 11) is 0. The number of nitrogens with one attached hydrogen (secondary N) is 1. The van der Waals surface area contributed by atoms with Crippen LogP contribution in [0.5, 0.6) is 0 Å². The molecule has 1 atom stereocenters. The van der Waals surface area contributed by atoms with Crippen LogP contribution in [0.4, 0.5) is 11.5 Å². The quantitative estimate of drug-likeness (QED) is 0.648. The van der Waals surface area contributed by atoms with E-state index in [2.05, 4.69) is 24.1 Å². The Balaban J connectivity index is 2.23. The molecule has 0 saturated heterocycles. The highest BCUT2D eigenvalue weighted by atomic mass is 16.6. The molecule has 2 rings (SSSR count). The number of carboxylic acid groups (broad SMARTS) is 1. The normalized spacial score (nSPS) is 20.6. The molecule has 2 N–H and O–H groups in total. The molecule has 1 aliphatic rings. The van der Waals surface area contributed by atoms with Crippen LogP contribution in [0, 0.1) is 15.5 Å². The highest BCUT2D eigenvalue weighted by molar-refractivity contribution is 5.88. The lowest BCUT2D eigenvalue weighted by molar-refractivity contribution is -0.384. The van der Waals surface area contributed by atoms with Crippen LogP contribution in [0.2, 0.25) is 0 Å². The second kappa shape index (κ2) is 5.07. The Labute approximate surface area is 116 Å². The third-order valence-corrected chi connectivity index (χ3v) is 3.62. The third-order valence-electron chi connectivity index (χ3n) is 3.62. The van der Waals surface area contributed by atoms with Crippen LogP contribution in [0.1, 0.15) is 43.5 Å². The standard InChI is InChI=1S/C13H17N3O4/c1-13(2)4-3-9(6-13)15-11-10(16(19)20)5-8(7-14-11)12(17)18/h5,7,9H,3-4,6H2,1-2H3,(H,14,15)(H,17,18). The van der Waals surface area contributed by atoms with Crippen molar-refractivity contribution in [2.24, 2.45) is 5.41 Å². The molecule has 0 spiro atoms. The van der Waals surface area contributed by atoms with Crippen LogP contribution in [-0.4, -0.2) is 27.0 Å². The summed E-state index contributed by atoms with van der Waals surface area (Å²) in [4.78, 5) is 25.2. The first-order valence-corrected chi connectivity index (χ1v) is 6.43. The Hall–Kier alpha value is -2.18. The van der Waals surface area contributed by atoms with Gasteiger partial charge in [-0.25, -0.2) is 9.78 Å². The van der Waals surface area contributed by atoms with E-state index in [0.29, 0.717) is 0 Å². The number of anilines is 1. The Bertz CT molecular complexity index is 557. The Kier molecular flexibility index (Phi) is 3.61. The van der Waals surface area contributed by atoms with E-state index in [-0.39, 0.29) is 28.5 Å². The van der Waals surface area contributed by atoms with E-state index in [1.165, 1.54) is 0 Å². The van der Waals surface area contributed by atoms with Gasteiger partial charge in [-0.05, 0) is 24.7 Å². The van der Waals surface area contributed by atoms with Crippen molar-refractivity contribution < 1.29 is 14.8 Å². The van der Waals surface area contributed by atoms with Crippen molar-refractivity contribution in [1.29, 1.82) is 0 Å². The number of carboxylic acids is 1. The molecule has 0 aromatic carbocycles. The molecule has 7 nitrogen and oxygen atoms in total. The number of hydrogen-bond donors (Lipinski definition) is 2. The first kappa shape index (κ1) is 14.2. The van der Waals surface area contributed by atoms with Crippen LogP contribution in [0.25, 0.3) is 0 Å². The summed E-state index contributed by atoms with van der Waals surface area (Å²) >= 11 is 0. The molecule has 1 saturated carbocycles. The van der Waals surface area contributed by atoms with Gasteiger partial charge in [0.15, 0.2) is 0 Å². The molecule has 0 radical (unpaired) electrons. The molecule has 1 unspecified atom stereocenters. The third kappa shape index (κ3) is 3.04. The fourth-order valence-electron chi connectivity index (χ4n) is 2.57. The van der Waals surface area contributed by atoms with Gasteiger partial charge in [0.05, 0.1) is 10.5 Å². The van der Waals surface area contributed by atoms with E-state index < -0.39 is 10.9 Å². The average Bonchev–Trinajstić information content (AvgIpc) is 2.68. The highest BCUT2D eigenvalue weighted by Crippen LogP contribution is 2.39. The van der Waals surface area contributed by atoms with E-state index in [1.54, 1.807) is 0 Å². The molecule has 1 aromatic rings. The van der Waals surface area contributed by atoms with Gasteiger partial charge in [0.25, 0.3) is 0 Å². The molecule has 7 heteroatoms. The van der Waals surface area contributed by atoms with Crippen LogP contribution in [0.3, 0.4) is 0 Å². The van der Waals surface area contributed by atoms with Gasteiger partial charge in [-0.15, -0.1) is 0 Å². The minimum absolute atomic E-state index is 0.131. The molecule has 1 aromatic heterocycles. The van der Waals surface area contributed by atoms with Gasteiger partial charge in [0.2, 0.25) is 5.82 Å². The second-order valence-electron chi connectivity index (χ2n) is 5.90. The zero-order valence-corrected chi connectivity index (χ0v) is 11.4. The van der Waals surface area contributed by atoms with Crippen molar-refractivity contribution in [3.05, 3.63) is 27.9 Å². The average molecular weight is 279 g/mol. The summed E-state index contributed by atoms with van der Waals surface area (Å²) in [5, 5.41) is 22.9. The Morgan fingerprint density at radius 3 is 2.80 bits per heavy atom. The molecule has 0 amide bonds. The first-order valence-electron chi connectivity index (χ1n) is 6.43. The van der Waals surface area contributed by atoms with E-state index >= 15 is 0 Å². The molecular weight excluding hydrogens is 262 g/mol. The molecule has 1 fully saturated rings. The minimum atomic E-state index is -1.23. The first-order chi connectivity index (χ1) is 9.28. The molecule has 0 bridgehead atoms. The second-order valence-corrected chi connectivity index (χ2v) is 5.90. The summed E-state index contributed by atoms with van der Waals surface area (Å²) in [6.45, 7) is 4.31. The zero-order valence-electron chi connectivity index (χ0n) is 11.4. The van der Waals surface area contributed by atoms with E-state index in [9.17, 15) is 14.9 Å². The van der Waals surface area contributed by atoms with Crippen molar-refractivity contribution in [1.82, 2.24) is 4.98 Å². The van der Waals surface area contributed by atoms with Crippen LogP contribution >= 0.6 is 0 Å². The Morgan fingerprint density at radius 1 is 1.60 bits per heavy atom. The maximum absolute atomic E-state index is 11.0. The van der Waals surface area contributed by atoms with Crippen molar-refractivity contribution >= 4 is 17.5 Å². The summed E-state index contributed by atoms with van der Waals surface area (Å²) in [6, 6.07) is 1.17. The van der Waals surface area contributed by atoms with Crippen LogP contribution in [-0.2, 0) is 0 Å².